The zero-order valence-corrected chi connectivity index (χ0v) is 19.2. The van der Waals surface area contributed by atoms with Crippen molar-refractivity contribution in [2.45, 2.75) is 82.9 Å². The van der Waals surface area contributed by atoms with Gasteiger partial charge in [0.25, 0.3) is 0 Å². The normalized spacial score (nSPS) is 19.4. The average Bonchev–Trinajstić information content (AvgIpc) is 2.75. The molecule has 0 saturated heterocycles. The van der Waals surface area contributed by atoms with Gasteiger partial charge in [0, 0.05) is 43.2 Å². The zero-order valence-electron chi connectivity index (χ0n) is 18.3. The molecule has 0 saturated carbocycles. The Labute approximate surface area is 182 Å². The van der Waals surface area contributed by atoms with E-state index < -0.39 is 0 Å². The summed E-state index contributed by atoms with van der Waals surface area (Å²) in [7, 11) is 0. The maximum absolute atomic E-state index is 4.50. The Morgan fingerprint density at radius 2 is 1.41 bits per heavy atom. The van der Waals surface area contributed by atoms with Crippen molar-refractivity contribution in [3.63, 3.8) is 0 Å². The molecule has 2 unspecified atom stereocenters. The molecule has 29 heavy (non-hydrogen) atoms. The lowest BCUT2D eigenvalue weighted by Crippen LogP contribution is -2.40. The summed E-state index contributed by atoms with van der Waals surface area (Å²) in [6.45, 7) is 11.7. The van der Waals surface area contributed by atoms with Crippen LogP contribution >= 0.6 is 12.6 Å². The first-order chi connectivity index (χ1) is 14.0. The van der Waals surface area contributed by atoms with Crippen molar-refractivity contribution in [3.05, 3.63) is 64.2 Å². The molecule has 4 rings (SSSR count). The molecule has 2 aromatic rings. The molecule has 2 atom stereocenters. The van der Waals surface area contributed by atoms with Crippen molar-refractivity contribution in [1.29, 1.82) is 0 Å². The van der Waals surface area contributed by atoms with E-state index in [1.807, 2.05) is 0 Å². The predicted molar refractivity (Wildman–Crippen MR) is 126 cm³/mol. The van der Waals surface area contributed by atoms with Crippen LogP contribution in [-0.2, 0) is 32.4 Å². The molecular weight excluding hydrogens is 372 g/mol. The van der Waals surface area contributed by atoms with Gasteiger partial charge >= 0.3 is 0 Å². The van der Waals surface area contributed by atoms with Crippen LogP contribution in [0.15, 0.2) is 41.3 Å². The predicted octanol–water partition coefficient (Wildman–Crippen LogP) is 5.51. The topological polar surface area (TPSA) is 6.48 Å². The quantitative estimate of drug-likeness (QED) is 0.630. The summed E-state index contributed by atoms with van der Waals surface area (Å²) in [6, 6.07) is 15.1. The van der Waals surface area contributed by atoms with Gasteiger partial charge in [-0.05, 0) is 85.9 Å². The van der Waals surface area contributed by atoms with E-state index in [0.717, 1.165) is 30.8 Å². The molecule has 2 aliphatic heterocycles. The molecule has 0 fully saturated rings. The minimum atomic E-state index is 0.644. The number of rotatable bonds is 6. The van der Waals surface area contributed by atoms with Crippen molar-refractivity contribution in [2.75, 3.05) is 13.1 Å². The second-order valence-electron chi connectivity index (χ2n) is 9.13. The molecule has 2 aliphatic rings. The summed E-state index contributed by atoms with van der Waals surface area (Å²) in [6.07, 6.45) is 6.05. The molecule has 0 aliphatic carbocycles. The molecule has 0 amide bonds. The van der Waals surface area contributed by atoms with E-state index in [-0.39, 0.29) is 0 Å². The van der Waals surface area contributed by atoms with Gasteiger partial charge in [-0.25, -0.2) is 0 Å². The van der Waals surface area contributed by atoms with E-state index in [2.05, 4.69) is 79.6 Å². The van der Waals surface area contributed by atoms with E-state index >= 15 is 0 Å². The maximum atomic E-state index is 4.50. The molecule has 0 spiro atoms. The minimum absolute atomic E-state index is 0.644. The lowest BCUT2D eigenvalue weighted by molar-refractivity contribution is 0.144. The number of benzene rings is 2. The van der Waals surface area contributed by atoms with Gasteiger partial charge in [0.15, 0.2) is 0 Å². The molecular formula is C26H36N2S. The van der Waals surface area contributed by atoms with Gasteiger partial charge < -0.3 is 0 Å². The first kappa shape index (κ1) is 21.0. The highest BCUT2D eigenvalue weighted by Gasteiger charge is 2.24. The molecule has 2 aromatic carbocycles. The van der Waals surface area contributed by atoms with Crippen molar-refractivity contribution >= 4 is 12.6 Å². The third-order valence-corrected chi connectivity index (χ3v) is 7.48. The molecule has 0 bridgehead atoms. The molecule has 3 heteroatoms. The number of hydrogen-bond donors (Lipinski definition) is 1. The third kappa shape index (κ3) is 4.90. The standard InChI is InChI=1S/C26H36N2S/c1-4-21-7-8-22-11-13-28(18-25(22)15-21)20(3)6-5-19(2)27-14-12-23-16-26(29)10-9-24(23)17-27/h7-10,15-16,19-20,29H,4-6,11-14,17-18H2,1-3H3. The van der Waals surface area contributed by atoms with Crippen LogP contribution in [0.2, 0.25) is 0 Å². The minimum Gasteiger partial charge on any atom is -0.296 e. The van der Waals surface area contributed by atoms with E-state index in [1.54, 1.807) is 11.1 Å². The van der Waals surface area contributed by atoms with E-state index in [4.69, 9.17) is 0 Å². The van der Waals surface area contributed by atoms with Crippen LogP contribution in [0.4, 0.5) is 0 Å². The van der Waals surface area contributed by atoms with Crippen LogP contribution < -0.4 is 0 Å². The Bertz CT molecular complexity index is 847. The van der Waals surface area contributed by atoms with E-state index in [0.29, 0.717) is 12.1 Å². The largest absolute Gasteiger partial charge is 0.296 e. The van der Waals surface area contributed by atoms with Crippen LogP contribution in [0.1, 0.15) is 61.4 Å². The van der Waals surface area contributed by atoms with Gasteiger partial charge in [-0.15, -0.1) is 12.6 Å². The highest BCUT2D eigenvalue weighted by Crippen LogP contribution is 2.26. The summed E-state index contributed by atoms with van der Waals surface area (Å²) < 4.78 is 0. The Balaban J connectivity index is 1.30. The van der Waals surface area contributed by atoms with Gasteiger partial charge in [-0.2, -0.15) is 0 Å². The van der Waals surface area contributed by atoms with Gasteiger partial charge in [-0.1, -0.05) is 31.2 Å². The lowest BCUT2D eigenvalue weighted by atomic mass is 9.94. The first-order valence-electron chi connectivity index (χ1n) is 11.4. The summed E-state index contributed by atoms with van der Waals surface area (Å²) in [4.78, 5) is 6.47. The maximum Gasteiger partial charge on any atom is 0.0239 e. The molecule has 156 valence electrons. The number of fused-ring (bicyclic) bond motifs is 2. The van der Waals surface area contributed by atoms with Crippen LogP contribution in [-0.4, -0.2) is 35.0 Å². The zero-order chi connectivity index (χ0) is 20.4. The van der Waals surface area contributed by atoms with Gasteiger partial charge in [0.2, 0.25) is 0 Å². The van der Waals surface area contributed by atoms with Crippen LogP contribution in [0.5, 0.6) is 0 Å². The monoisotopic (exact) mass is 408 g/mol. The van der Waals surface area contributed by atoms with Crippen molar-refractivity contribution in [1.82, 2.24) is 9.80 Å². The lowest BCUT2D eigenvalue weighted by Gasteiger charge is -2.37. The van der Waals surface area contributed by atoms with E-state index in [1.165, 1.54) is 49.0 Å². The second kappa shape index (κ2) is 9.24. The Hall–Kier alpha value is -1.29. The van der Waals surface area contributed by atoms with Gasteiger partial charge in [0.1, 0.15) is 0 Å². The molecule has 2 heterocycles. The first-order valence-corrected chi connectivity index (χ1v) is 11.9. The fourth-order valence-electron chi connectivity index (χ4n) is 5.01. The number of thiol groups is 1. The Morgan fingerprint density at radius 3 is 2.10 bits per heavy atom. The molecule has 0 N–H and O–H groups in total. The second-order valence-corrected chi connectivity index (χ2v) is 9.64. The Morgan fingerprint density at radius 1 is 0.793 bits per heavy atom. The fourth-order valence-corrected chi connectivity index (χ4v) is 5.24. The summed E-state index contributed by atoms with van der Waals surface area (Å²) in [5.41, 5.74) is 7.59. The highest BCUT2D eigenvalue weighted by molar-refractivity contribution is 7.80. The summed E-state index contributed by atoms with van der Waals surface area (Å²) in [5.74, 6) is 0. The van der Waals surface area contributed by atoms with Crippen molar-refractivity contribution in [2.24, 2.45) is 0 Å². The molecule has 2 nitrogen and oxygen atoms in total. The number of nitrogens with zero attached hydrogens (tertiary/aromatic N) is 2. The molecule has 0 aromatic heterocycles. The van der Waals surface area contributed by atoms with Gasteiger partial charge in [0.05, 0.1) is 0 Å². The van der Waals surface area contributed by atoms with Gasteiger partial charge in [-0.3, -0.25) is 9.80 Å². The van der Waals surface area contributed by atoms with Crippen LogP contribution in [0.3, 0.4) is 0 Å². The molecule has 0 radical (unpaired) electrons. The average molecular weight is 409 g/mol. The fraction of sp³-hybridized carbons (Fsp3) is 0.538. The summed E-state index contributed by atoms with van der Waals surface area (Å²) >= 11 is 4.50. The summed E-state index contributed by atoms with van der Waals surface area (Å²) in [5, 5.41) is 0. The third-order valence-electron chi connectivity index (χ3n) is 7.20. The number of aryl methyl sites for hydroxylation is 1. The van der Waals surface area contributed by atoms with E-state index in [9.17, 15) is 0 Å². The van der Waals surface area contributed by atoms with Crippen LogP contribution in [0, 0.1) is 0 Å². The number of hydrogen-bond acceptors (Lipinski definition) is 3. The van der Waals surface area contributed by atoms with Crippen molar-refractivity contribution in [3.8, 4) is 0 Å². The highest BCUT2D eigenvalue weighted by atomic mass is 32.1. The smallest absolute Gasteiger partial charge is 0.0239 e. The van der Waals surface area contributed by atoms with Crippen molar-refractivity contribution < 1.29 is 0 Å². The van der Waals surface area contributed by atoms with Crippen LogP contribution in [0.25, 0.3) is 0 Å². The SMILES string of the molecule is CCc1ccc2c(c1)CN(C(C)CCC(C)N1CCc3cc(S)ccc3C1)CC2. The Kier molecular flexibility index (Phi) is 6.68.